The predicted octanol–water partition coefficient (Wildman–Crippen LogP) is 1.73. The van der Waals surface area contributed by atoms with Crippen molar-refractivity contribution < 1.29 is 14.3 Å². The molecule has 2 unspecified atom stereocenters. The summed E-state index contributed by atoms with van der Waals surface area (Å²) in [5.74, 6) is 1.13. The van der Waals surface area contributed by atoms with Crippen molar-refractivity contribution in [2.75, 3.05) is 32.0 Å². The topological polar surface area (TPSA) is 75.5 Å². The summed E-state index contributed by atoms with van der Waals surface area (Å²) in [5.41, 5.74) is 0.856. The first kappa shape index (κ1) is 18.9. The third-order valence-electron chi connectivity index (χ3n) is 4.01. The number of rotatable bonds is 6. The van der Waals surface area contributed by atoms with E-state index in [0.29, 0.717) is 17.5 Å². The second-order valence-electron chi connectivity index (χ2n) is 6.39. The summed E-state index contributed by atoms with van der Waals surface area (Å²) in [6, 6.07) is 7.71. The van der Waals surface area contributed by atoms with Gasteiger partial charge in [0.15, 0.2) is 5.17 Å². The van der Waals surface area contributed by atoms with Gasteiger partial charge in [-0.3, -0.25) is 9.69 Å². The summed E-state index contributed by atoms with van der Waals surface area (Å²) in [4.78, 5) is 13.5. The molecular weight excluding hydrogens is 352 g/mol. The number of thioether (sulfide) groups is 1. The number of nitrogens with zero attached hydrogens (tertiary/aromatic N) is 3. The van der Waals surface area contributed by atoms with Crippen molar-refractivity contribution in [3.63, 3.8) is 0 Å². The molecule has 2 heterocycles. The number of benzene rings is 1. The number of amidine groups is 1. The first-order valence-corrected chi connectivity index (χ1v) is 9.72. The summed E-state index contributed by atoms with van der Waals surface area (Å²) < 4.78 is 11.7. The van der Waals surface area contributed by atoms with Crippen LogP contribution in [-0.4, -0.2) is 66.4 Å². The lowest BCUT2D eigenvalue weighted by Crippen LogP contribution is -2.46. The molecule has 0 aliphatic carbocycles. The fraction of sp³-hybridized carbons (Fsp3) is 0.500. The standard InChI is InChI=1S/C18H24N4O3S/c1-13-10-22(11-14(2)25-13)7-8-24-16-6-4-3-5-15(16)9-19-21-18-20-17(23)12-26-18/h3-6,9,13-14H,7-8,10-12H2,1-2H3,(H,20,21,23). The van der Waals surface area contributed by atoms with Crippen LogP contribution < -0.4 is 10.1 Å². The van der Waals surface area contributed by atoms with Crippen molar-refractivity contribution in [1.29, 1.82) is 0 Å². The van der Waals surface area contributed by atoms with Gasteiger partial charge in [-0.05, 0) is 26.0 Å². The normalized spacial score (nSPS) is 25.8. The molecule has 0 saturated carbocycles. The molecule has 1 aromatic carbocycles. The maximum Gasteiger partial charge on any atom is 0.236 e. The fourth-order valence-electron chi connectivity index (χ4n) is 2.99. The van der Waals surface area contributed by atoms with Crippen LogP contribution in [0.5, 0.6) is 5.75 Å². The molecule has 26 heavy (non-hydrogen) atoms. The molecule has 2 aliphatic heterocycles. The number of hydrogen-bond donors (Lipinski definition) is 1. The highest BCUT2D eigenvalue weighted by molar-refractivity contribution is 8.15. The van der Waals surface area contributed by atoms with E-state index in [0.717, 1.165) is 30.9 Å². The Morgan fingerprint density at radius 1 is 1.35 bits per heavy atom. The lowest BCUT2D eigenvalue weighted by molar-refractivity contribution is -0.116. The molecule has 0 radical (unpaired) electrons. The van der Waals surface area contributed by atoms with Crippen molar-refractivity contribution in [2.45, 2.75) is 26.1 Å². The number of hydrogen-bond acceptors (Lipinski definition) is 7. The largest absolute Gasteiger partial charge is 0.492 e. The summed E-state index contributed by atoms with van der Waals surface area (Å²) >= 11 is 1.35. The van der Waals surface area contributed by atoms with Crippen molar-refractivity contribution in [3.8, 4) is 5.75 Å². The van der Waals surface area contributed by atoms with Gasteiger partial charge in [-0.1, -0.05) is 23.9 Å². The minimum absolute atomic E-state index is 0.0422. The average molecular weight is 376 g/mol. The molecule has 2 atom stereocenters. The van der Waals surface area contributed by atoms with Crippen molar-refractivity contribution >= 4 is 29.1 Å². The molecule has 8 heteroatoms. The Hall–Kier alpha value is -1.90. The molecule has 0 bridgehead atoms. The van der Waals surface area contributed by atoms with Crippen LogP contribution in [-0.2, 0) is 9.53 Å². The van der Waals surface area contributed by atoms with Crippen LogP contribution in [0.1, 0.15) is 19.4 Å². The lowest BCUT2D eigenvalue weighted by Gasteiger charge is -2.35. The third-order valence-corrected chi connectivity index (χ3v) is 4.87. The Morgan fingerprint density at radius 3 is 2.85 bits per heavy atom. The van der Waals surface area contributed by atoms with E-state index in [9.17, 15) is 4.79 Å². The van der Waals surface area contributed by atoms with E-state index in [1.807, 2.05) is 24.3 Å². The number of amides is 1. The van der Waals surface area contributed by atoms with E-state index in [1.165, 1.54) is 11.8 Å². The van der Waals surface area contributed by atoms with Crippen LogP contribution in [0.15, 0.2) is 34.5 Å². The Morgan fingerprint density at radius 2 is 2.12 bits per heavy atom. The zero-order valence-electron chi connectivity index (χ0n) is 15.1. The summed E-state index contributed by atoms with van der Waals surface area (Å²) in [6.45, 7) is 7.51. The first-order valence-electron chi connectivity index (χ1n) is 8.73. The number of para-hydroxylation sites is 1. The second kappa shape index (κ2) is 9.16. The Balaban J connectivity index is 1.53. The maximum absolute atomic E-state index is 11.1. The molecule has 3 rings (SSSR count). The molecule has 7 nitrogen and oxygen atoms in total. The Bertz CT molecular complexity index is 685. The van der Waals surface area contributed by atoms with Gasteiger partial charge in [-0.2, -0.15) is 5.10 Å². The molecule has 1 aromatic rings. The van der Waals surface area contributed by atoms with E-state index in [1.54, 1.807) is 6.21 Å². The molecule has 140 valence electrons. The summed E-state index contributed by atoms with van der Waals surface area (Å²) in [5, 5.41) is 11.3. The van der Waals surface area contributed by atoms with E-state index in [2.05, 4.69) is 34.3 Å². The quantitative estimate of drug-likeness (QED) is 0.604. The van der Waals surface area contributed by atoms with Crippen LogP contribution in [0.2, 0.25) is 0 Å². The van der Waals surface area contributed by atoms with Gasteiger partial charge in [0.2, 0.25) is 5.91 Å². The molecule has 2 saturated heterocycles. The highest BCUT2D eigenvalue weighted by atomic mass is 32.2. The number of morpholine rings is 1. The van der Waals surface area contributed by atoms with Gasteiger partial charge < -0.3 is 14.8 Å². The summed E-state index contributed by atoms with van der Waals surface area (Å²) in [7, 11) is 0. The van der Waals surface area contributed by atoms with Crippen LogP contribution in [0.3, 0.4) is 0 Å². The van der Waals surface area contributed by atoms with E-state index < -0.39 is 0 Å². The van der Waals surface area contributed by atoms with Gasteiger partial charge in [0.1, 0.15) is 12.4 Å². The monoisotopic (exact) mass is 376 g/mol. The minimum Gasteiger partial charge on any atom is -0.492 e. The Kier molecular flexibility index (Phi) is 6.65. The molecule has 2 aliphatic rings. The number of ether oxygens (including phenoxy) is 2. The zero-order chi connectivity index (χ0) is 18.4. The van der Waals surface area contributed by atoms with Crippen LogP contribution in [0.4, 0.5) is 0 Å². The number of carbonyl (C=O) groups excluding carboxylic acids is 1. The molecule has 1 amide bonds. The van der Waals surface area contributed by atoms with E-state index >= 15 is 0 Å². The summed E-state index contributed by atoms with van der Waals surface area (Å²) in [6.07, 6.45) is 2.16. The molecule has 2 fully saturated rings. The number of nitrogens with one attached hydrogen (secondary N) is 1. The van der Waals surface area contributed by atoms with Crippen LogP contribution in [0.25, 0.3) is 0 Å². The third kappa shape index (κ3) is 5.55. The smallest absolute Gasteiger partial charge is 0.236 e. The molecule has 1 N–H and O–H groups in total. The fourth-order valence-corrected chi connectivity index (χ4v) is 3.62. The van der Waals surface area contributed by atoms with Gasteiger partial charge in [-0.25, -0.2) is 0 Å². The number of carbonyl (C=O) groups is 1. The predicted molar refractivity (Wildman–Crippen MR) is 104 cm³/mol. The van der Waals surface area contributed by atoms with Gasteiger partial charge in [0, 0.05) is 25.2 Å². The SMILES string of the molecule is CC1CN(CCOc2ccccc2C=NN=C2NC(=O)CS2)CC(C)O1. The highest BCUT2D eigenvalue weighted by Crippen LogP contribution is 2.17. The van der Waals surface area contributed by atoms with Crippen molar-refractivity contribution in [1.82, 2.24) is 10.2 Å². The van der Waals surface area contributed by atoms with Gasteiger partial charge in [0.05, 0.1) is 24.2 Å². The maximum atomic E-state index is 11.1. The minimum atomic E-state index is -0.0422. The van der Waals surface area contributed by atoms with Crippen molar-refractivity contribution in [2.24, 2.45) is 10.2 Å². The highest BCUT2D eigenvalue weighted by Gasteiger charge is 2.21. The Labute approximate surface area is 157 Å². The molecule has 0 spiro atoms. The lowest BCUT2D eigenvalue weighted by atomic mass is 10.2. The molecule has 0 aromatic heterocycles. The van der Waals surface area contributed by atoms with E-state index in [4.69, 9.17) is 9.47 Å². The average Bonchev–Trinajstić information content (AvgIpc) is 3.01. The van der Waals surface area contributed by atoms with Crippen molar-refractivity contribution in [3.05, 3.63) is 29.8 Å². The van der Waals surface area contributed by atoms with E-state index in [-0.39, 0.29) is 18.1 Å². The second-order valence-corrected chi connectivity index (χ2v) is 7.35. The molecular formula is C18H24N4O3S. The van der Waals surface area contributed by atoms with Gasteiger partial charge in [-0.15, -0.1) is 5.10 Å². The van der Waals surface area contributed by atoms with Gasteiger partial charge in [0.25, 0.3) is 0 Å². The van der Waals surface area contributed by atoms with Crippen LogP contribution in [0, 0.1) is 0 Å². The van der Waals surface area contributed by atoms with Crippen LogP contribution >= 0.6 is 11.8 Å². The zero-order valence-corrected chi connectivity index (χ0v) is 15.9. The van der Waals surface area contributed by atoms with Gasteiger partial charge >= 0.3 is 0 Å². The first-order chi connectivity index (χ1) is 12.6.